The van der Waals surface area contributed by atoms with Gasteiger partial charge in [-0.25, -0.2) is 4.98 Å². The minimum Gasteiger partial charge on any atom is -0.507 e. The Balaban J connectivity index is 1.73. The van der Waals surface area contributed by atoms with Crippen molar-refractivity contribution in [1.82, 2.24) is 10.3 Å². The third-order valence-corrected chi connectivity index (χ3v) is 3.83. The van der Waals surface area contributed by atoms with Gasteiger partial charge in [0.25, 0.3) is 0 Å². The number of anilines is 1. The summed E-state index contributed by atoms with van der Waals surface area (Å²) in [5.74, 6) is 0.434. The number of nitrogens with zero attached hydrogens (tertiary/aromatic N) is 1. The molecule has 0 aliphatic carbocycles. The Labute approximate surface area is 156 Å². The number of thiocarbonyl (C=S) groups is 1. The number of fused-ring (bicyclic) bond motifs is 1. The van der Waals surface area contributed by atoms with Crippen molar-refractivity contribution in [2.75, 3.05) is 5.32 Å². The lowest BCUT2D eigenvalue weighted by molar-refractivity contribution is -0.120. The van der Waals surface area contributed by atoms with E-state index in [2.05, 4.69) is 15.6 Å². The van der Waals surface area contributed by atoms with E-state index in [4.69, 9.17) is 16.6 Å². The summed E-state index contributed by atoms with van der Waals surface area (Å²) in [5, 5.41) is 16.0. The standard InChI is InChI=1S/C19H19N3O3S/c1-11(2)9-17(24)22-19(26)20-12-7-8-13(15(23)10-12)18-21-14-5-3-4-6-16(14)25-18/h3-8,10-11,23H,9H2,1-2H3,(H2,20,22,24,26). The first-order valence-electron chi connectivity index (χ1n) is 8.22. The van der Waals surface area contributed by atoms with Crippen LogP contribution in [-0.2, 0) is 4.79 Å². The normalized spacial score (nSPS) is 10.9. The fourth-order valence-electron chi connectivity index (χ4n) is 2.49. The lowest BCUT2D eigenvalue weighted by Gasteiger charge is -2.11. The summed E-state index contributed by atoms with van der Waals surface area (Å²) in [6.45, 7) is 3.91. The number of hydrogen-bond acceptors (Lipinski definition) is 5. The maximum atomic E-state index is 11.7. The second-order valence-electron chi connectivity index (χ2n) is 6.32. The molecule has 0 unspecified atom stereocenters. The van der Waals surface area contributed by atoms with Crippen LogP contribution in [0.25, 0.3) is 22.6 Å². The van der Waals surface area contributed by atoms with Gasteiger partial charge in [-0.3, -0.25) is 4.79 Å². The first-order valence-corrected chi connectivity index (χ1v) is 8.63. The third kappa shape index (κ3) is 4.18. The minimum absolute atomic E-state index is 0.00198. The van der Waals surface area contributed by atoms with Crippen LogP contribution in [0.2, 0.25) is 0 Å². The first-order chi connectivity index (χ1) is 12.4. The number of carbonyl (C=O) groups excluding carboxylic acids is 1. The number of carbonyl (C=O) groups is 1. The zero-order valence-electron chi connectivity index (χ0n) is 14.4. The van der Waals surface area contributed by atoms with Crippen molar-refractivity contribution < 1.29 is 14.3 Å². The molecule has 1 aromatic heterocycles. The molecular weight excluding hydrogens is 350 g/mol. The molecule has 0 saturated carbocycles. The van der Waals surface area contributed by atoms with Gasteiger partial charge in [0, 0.05) is 18.2 Å². The molecule has 0 spiro atoms. The van der Waals surface area contributed by atoms with Crippen LogP contribution in [0.5, 0.6) is 5.75 Å². The largest absolute Gasteiger partial charge is 0.507 e. The van der Waals surface area contributed by atoms with Gasteiger partial charge in [0.1, 0.15) is 11.3 Å². The summed E-state index contributed by atoms with van der Waals surface area (Å²) in [6.07, 6.45) is 0.393. The van der Waals surface area contributed by atoms with E-state index in [1.807, 2.05) is 38.1 Å². The second-order valence-corrected chi connectivity index (χ2v) is 6.73. The Morgan fingerprint density at radius 3 is 2.73 bits per heavy atom. The molecule has 0 bridgehead atoms. The maximum absolute atomic E-state index is 11.7. The summed E-state index contributed by atoms with van der Waals surface area (Å²) in [6, 6.07) is 12.3. The Morgan fingerprint density at radius 1 is 1.27 bits per heavy atom. The molecule has 0 aliphatic rings. The average molecular weight is 369 g/mol. The van der Waals surface area contributed by atoms with Crippen molar-refractivity contribution in [3.63, 3.8) is 0 Å². The number of hydrogen-bond donors (Lipinski definition) is 3. The zero-order chi connectivity index (χ0) is 18.7. The van der Waals surface area contributed by atoms with Gasteiger partial charge >= 0.3 is 0 Å². The Hall–Kier alpha value is -2.93. The summed E-state index contributed by atoms with van der Waals surface area (Å²) < 4.78 is 5.67. The van der Waals surface area contributed by atoms with Gasteiger partial charge in [-0.2, -0.15) is 0 Å². The molecular formula is C19H19N3O3S. The van der Waals surface area contributed by atoms with Gasteiger partial charge in [0.2, 0.25) is 11.8 Å². The molecule has 0 radical (unpaired) electrons. The van der Waals surface area contributed by atoms with Gasteiger partial charge in [-0.05, 0) is 42.4 Å². The topological polar surface area (TPSA) is 87.4 Å². The van der Waals surface area contributed by atoms with Crippen LogP contribution in [0.15, 0.2) is 46.9 Å². The van der Waals surface area contributed by atoms with Crippen molar-refractivity contribution in [2.45, 2.75) is 20.3 Å². The highest BCUT2D eigenvalue weighted by molar-refractivity contribution is 7.80. The number of phenols is 1. The second kappa shape index (κ2) is 7.53. The molecule has 1 amide bonds. The molecule has 7 heteroatoms. The number of phenolic OH excluding ortho intramolecular Hbond substituents is 1. The quantitative estimate of drug-likeness (QED) is 0.601. The molecule has 6 nitrogen and oxygen atoms in total. The molecule has 0 aliphatic heterocycles. The minimum atomic E-state index is -0.148. The Kier molecular flexibility index (Phi) is 5.18. The molecule has 3 rings (SSSR count). The molecule has 0 atom stereocenters. The number of para-hydroxylation sites is 2. The highest BCUT2D eigenvalue weighted by atomic mass is 32.1. The van der Waals surface area contributed by atoms with Crippen LogP contribution >= 0.6 is 12.2 Å². The Bertz CT molecular complexity index is 933. The number of nitrogens with one attached hydrogen (secondary N) is 2. The lowest BCUT2D eigenvalue weighted by atomic mass is 10.1. The van der Waals surface area contributed by atoms with Crippen molar-refractivity contribution in [3.8, 4) is 17.2 Å². The fraction of sp³-hybridized carbons (Fsp3) is 0.211. The van der Waals surface area contributed by atoms with Gasteiger partial charge in [-0.15, -0.1) is 0 Å². The van der Waals surface area contributed by atoms with Crippen LogP contribution in [0.4, 0.5) is 5.69 Å². The highest BCUT2D eigenvalue weighted by Gasteiger charge is 2.13. The molecule has 3 N–H and O–H groups in total. The van der Waals surface area contributed by atoms with Gasteiger partial charge in [0.05, 0.1) is 5.56 Å². The summed E-state index contributed by atoms with van der Waals surface area (Å²) in [7, 11) is 0. The third-order valence-electron chi connectivity index (χ3n) is 3.63. The molecule has 26 heavy (non-hydrogen) atoms. The van der Waals surface area contributed by atoms with Gasteiger partial charge in [0.15, 0.2) is 10.7 Å². The van der Waals surface area contributed by atoms with E-state index in [9.17, 15) is 9.90 Å². The van der Waals surface area contributed by atoms with Crippen molar-refractivity contribution in [2.24, 2.45) is 5.92 Å². The van der Waals surface area contributed by atoms with E-state index in [-0.39, 0.29) is 22.7 Å². The van der Waals surface area contributed by atoms with Crippen LogP contribution in [0, 0.1) is 5.92 Å². The van der Waals surface area contributed by atoms with Crippen LogP contribution in [-0.4, -0.2) is 21.1 Å². The van der Waals surface area contributed by atoms with Crippen LogP contribution in [0.3, 0.4) is 0 Å². The monoisotopic (exact) mass is 369 g/mol. The number of benzene rings is 2. The van der Waals surface area contributed by atoms with Crippen LogP contribution in [0.1, 0.15) is 20.3 Å². The molecule has 0 fully saturated rings. The predicted molar refractivity (Wildman–Crippen MR) is 105 cm³/mol. The average Bonchev–Trinajstić information content (AvgIpc) is 2.97. The van der Waals surface area contributed by atoms with Crippen molar-refractivity contribution >= 4 is 40.0 Å². The molecule has 134 valence electrons. The lowest BCUT2D eigenvalue weighted by Crippen LogP contribution is -2.34. The molecule has 3 aromatic rings. The number of rotatable bonds is 4. The number of amides is 1. The van der Waals surface area contributed by atoms with E-state index >= 15 is 0 Å². The zero-order valence-corrected chi connectivity index (χ0v) is 15.3. The van der Waals surface area contributed by atoms with E-state index in [0.717, 1.165) is 5.52 Å². The summed E-state index contributed by atoms with van der Waals surface area (Å²) in [4.78, 5) is 16.1. The first kappa shape index (κ1) is 17.9. The van der Waals surface area contributed by atoms with E-state index in [1.165, 1.54) is 6.07 Å². The van der Waals surface area contributed by atoms with E-state index in [0.29, 0.717) is 29.1 Å². The van der Waals surface area contributed by atoms with Crippen LogP contribution < -0.4 is 10.6 Å². The fourth-order valence-corrected chi connectivity index (χ4v) is 2.72. The Morgan fingerprint density at radius 2 is 2.04 bits per heavy atom. The molecule has 1 heterocycles. The number of aromatic hydroxyl groups is 1. The molecule has 0 saturated heterocycles. The smallest absolute Gasteiger partial charge is 0.231 e. The van der Waals surface area contributed by atoms with E-state index in [1.54, 1.807) is 12.1 Å². The highest BCUT2D eigenvalue weighted by Crippen LogP contribution is 2.32. The predicted octanol–water partition coefficient (Wildman–Crippen LogP) is 4.06. The van der Waals surface area contributed by atoms with Crippen molar-refractivity contribution in [3.05, 3.63) is 42.5 Å². The molecule has 2 aromatic carbocycles. The number of aromatic nitrogens is 1. The summed E-state index contributed by atoms with van der Waals surface area (Å²) in [5.41, 5.74) is 2.40. The maximum Gasteiger partial charge on any atom is 0.231 e. The SMILES string of the molecule is CC(C)CC(=O)NC(=S)Nc1ccc(-c2nc3ccccc3o2)c(O)c1. The van der Waals surface area contributed by atoms with Crippen molar-refractivity contribution in [1.29, 1.82) is 0 Å². The van der Waals surface area contributed by atoms with E-state index < -0.39 is 0 Å². The number of oxazole rings is 1. The van der Waals surface area contributed by atoms with Gasteiger partial charge < -0.3 is 20.2 Å². The summed E-state index contributed by atoms with van der Waals surface area (Å²) >= 11 is 5.12. The van der Waals surface area contributed by atoms with Gasteiger partial charge in [-0.1, -0.05) is 26.0 Å².